The topological polar surface area (TPSA) is 52.9 Å². The molecule has 0 spiro atoms. The van der Waals surface area contributed by atoms with Crippen molar-refractivity contribution >= 4 is 11.6 Å². The number of nitrogens with zero attached hydrogens (tertiary/aromatic N) is 2. The van der Waals surface area contributed by atoms with Gasteiger partial charge in [0.15, 0.2) is 0 Å². The van der Waals surface area contributed by atoms with Crippen LogP contribution in [0.4, 0.5) is 0 Å². The number of phenolic OH excluding ortho intramolecular Hbond substituents is 1. The zero-order chi connectivity index (χ0) is 14.8. The second kappa shape index (κ2) is 5.40. The summed E-state index contributed by atoms with van der Waals surface area (Å²) in [7, 11) is 0. The highest BCUT2D eigenvalue weighted by molar-refractivity contribution is 6.03. The summed E-state index contributed by atoms with van der Waals surface area (Å²) >= 11 is 0. The molecule has 1 heterocycles. The molecule has 2 aromatic rings. The first-order chi connectivity index (χ1) is 10.1. The molecule has 2 aromatic carbocycles. The molecular weight excluding hydrogens is 264 g/mol. The fraction of sp³-hybridized carbons (Fsp3) is 0.176. The Balaban J connectivity index is 1.95. The molecule has 1 aliphatic rings. The molecule has 21 heavy (non-hydrogen) atoms. The smallest absolute Gasteiger partial charge is 0.240 e. The fourth-order valence-electron chi connectivity index (χ4n) is 2.60. The Labute approximate surface area is 123 Å². The van der Waals surface area contributed by atoms with Gasteiger partial charge in [-0.2, -0.15) is 5.10 Å². The molecule has 1 amide bonds. The van der Waals surface area contributed by atoms with Crippen LogP contribution in [0.3, 0.4) is 0 Å². The van der Waals surface area contributed by atoms with Crippen molar-refractivity contribution in [2.75, 3.05) is 0 Å². The maximum absolute atomic E-state index is 11.8. The fourth-order valence-corrected chi connectivity index (χ4v) is 2.60. The maximum atomic E-state index is 11.8. The van der Waals surface area contributed by atoms with Crippen LogP contribution >= 0.6 is 0 Å². The number of phenols is 1. The van der Waals surface area contributed by atoms with Gasteiger partial charge in [0.2, 0.25) is 5.91 Å². The first-order valence-electron chi connectivity index (χ1n) is 6.87. The lowest BCUT2D eigenvalue weighted by Gasteiger charge is -2.20. The van der Waals surface area contributed by atoms with Crippen LogP contribution in [0.15, 0.2) is 59.7 Å². The van der Waals surface area contributed by atoms with Gasteiger partial charge in [-0.15, -0.1) is 0 Å². The molecule has 1 unspecified atom stereocenters. The monoisotopic (exact) mass is 280 g/mol. The first kappa shape index (κ1) is 13.4. The molecule has 0 aliphatic carbocycles. The van der Waals surface area contributed by atoms with E-state index >= 15 is 0 Å². The summed E-state index contributed by atoms with van der Waals surface area (Å²) in [5, 5.41) is 15.6. The van der Waals surface area contributed by atoms with Crippen LogP contribution in [0, 0.1) is 0 Å². The van der Waals surface area contributed by atoms with Crippen molar-refractivity contribution in [2.45, 2.75) is 19.4 Å². The van der Waals surface area contributed by atoms with Crippen molar-refractivity contribution < 1.29 is 9.90 Å². The molecule has 0 saturated heterocycles. The van der Waals surface area contributed by atoms with E-state index in [-0.39, 0.29) is 17.7 Å². The lowest BCUT2D eigenvalue weighted by molar-refractivity contribution is -0.130. The van der Waals surface area contributed by atoms with E-state index < -0.39 is 0 Å². The molecule has 0 bridgehead atoms. The minimum atomic E-state index is -0.0843. The summed E-state index contributed by atoms with van der Waals surface area (Å²) in [6.07, 6.45) is 0.646. The van der Waals surface area contributed by atoms with Crippen LogP contribution in [0.1, 0.15) is 30.5 Å². The molecule has 1 aliphatic heterocycles. The third-order valence-electron chi connectivity index (χ3n) is 3.60. The number of benzene rings is 2. The van der Waals surface area contributed by atoms with Gasteiger partial charge in [-0.25, -0.2) is 5.01 Å². The van der Waals surface area contributed by atoms with Gasteiger partial charge >= 0.3 is 0 Å². The third-order valence-corrected chi connectivity index (χ3v) is 3.60. The number of carbonyl (C=O) groups excluding carboxylic acids is 1. The average molecular weight is 280 g/mol. The van der Waals surface area contributed by atoms with Gasteiger partial charge in [0.1, 0.15) is 5.75 Å². The Hall–Kier alpha value is -2.62. The van der Waals surface area contributed by atoms with Crippen molar-refractivity contribution in [3.05, 3.63) is 65.7 Å². The second-order valence-corrected chi connectivity index (χ2v) is 5.09. The van der Waals surface area contributed by atoms with Gasteiger partial charge in [-0.1, -0.05) is 42.5 Å². The molecule has 1 N–H and O–H groups in total. The lowest BCUT2D eigenvalue weighted by atomic mass is 9.98. The summed E-state index contributed by atoms with van der Waals surface area (Å²) in [5.74, 6) is 0.117. The third kappa shape index (κ3) is 2.65. The first-order valence-corrected chi connectivity index (χ1v) is 6.87. The zero-order valence-corrected chi connectivity index (χ0v) is 11.7. The minimum absolute atomic E-state index is 0.0824. The molecule has 0 aromatic heterocycles. The second-order valence-electron chi connectivity index (χ2n) is 5.09. The lowest BCUT2D eigenvalue weighted by Crippen LogP contribution is -2.24. The van der Waals surface area contributed by atoms with Crippen molar-refractivity contribution in [1.82, 2.24) is 5.01 Å². The molecule has 0 fully saturated rings. The van der Waals surface area contributed by atoms with E-state index in [1.807, 2.05) is 36.4 Å². The summed E-state index contributed by atoms with van der Waals surface area (Å²) in [5.41, 5.74) is 2.72. The SMILES string of the molecule is CC(=O)N1N=C(c2cccc(O)c2)CC1c1ccccc1. The number of hydrazone groups is 1. The number of carbonyl (C=O) groups is 1. The molecular formula is C17H16N2O2. The maximum Gasteiger partial charge on any atom is 0.240 e. The van der Waals surface area contributed by atoms with E-state index in [1.165, 1.54) is 11.9 Å². The standard InChI is InChI=1S/C17H16N2O2/c1-12(20)19-17(13-6-3-2-4-7-13)11-16(18-19)14-8-5-9-15(21)10-14/h2-10,17,21H,11H2,1H3. The number of rotatable bonds is 2. The van der Waals surface area contributed by atoms with Gasteiger partial charge in [0.25, 0.3) is 0 Å². The Morgan fingerprint density at radius 2 is 1.95 bits per heavy atom. The van der Waals surface area contributed by atoms with Crippen molar-refractivity contribution in [3.8, 4) is 5.75 Å². The molecule has 4 nitrogen and oxygen atoms in total. The number of amides is 1. The molecule has 106 valence electrons. The predicted octanol–water partition coefficient (Wildman–Crippen LogP) is 3.09. The number of aromatic hydroxyl groups is 1. The Morgan fingerprint density at radius 1 is 1.19 bits per heavy atom. The normalized spacial score (nSPS) is 17.7. The van der Waals surface area contributed by atoms with Crippen molar-refractivity contribution in [2.24, 2.45) is 5.10 Å². The minimum Gasteiger partial charge on any atom is -0.508 e. The van der Waals surface area contributed by atoms with Crippen LogP contribution in [0.5, 0.6) is 5.75 Å². The summed E-state index contributed by atoms with van der Waals surface area (Å²) in [6, 6.07) is 16.8. The predicted molar refractivity (Wildman–Crippen MR) is 81.0 cm³/mol. The van der Waals surface area contributed by atoms with E-state index in [4.69, 9.17) is 0 Å². The zero-order valence-electron chi connectivity index (χ0n) is 11.7. The number of hydrogen-bond acceptors (Lipinski definition) is 3. The van der Waals surface area contributed by atoms with Crippen LogP contribution in [0.25, 0.3) is 0 Å². The van der Waals surface area contributed by atoms with Crippen molar-refractivity contribution in [3.63, 3.8) is 0 Å². The van der Waals surface area contributed by atoms with Gasteiger partial charge in [-0.05, 0) is 17.7 Å². The van der Waals surface area contributed by atoms with E-state index in [0.717, 1.165) is 16.8 Å². The highest BCUT2D eigenvalue weighted by atomic mass is 16.3. The average Bonchev–Trinajstić information content (AvgIpc) is 2.93. The molecule has 0 saturated carbocycles. The van der Waals surface area contributed by atoms with Crippen molar-refractivity contribution in [1.29, 1.82) is 0 Å². The Bertz CT molecular complexity index is 695. The highest BCUT2D eigenvalue weighted by Crippen LogP contribution is 2.33. The molecule has 4 heteroatoms. The quantitative estimate of drug-likeness (QED) is 0.919. The van der Waals surface area contributed by atoms with E-state index in [2.05, 4.69) is 5.10 Å². The van der Waals surface area contributed by atoms with Crippen LogP contribution in [-0.4, -0.2) is 21.7 Å². The van der Waals surface area contributed by atoms with Crippen LogP contribution in [0.2, 0.25) is 0 Å². The molecule has 0 radical (unpaired) electrons. The van der Waals surface area contributed by atoms with Gasteiger partial charge in [0.05, 0.1) is 11.8 Å². The summed E-state index contributed by atoms with van der Waals surface area (Å²) in [4.78, 5) is 11.8. The Kier molecular flexibility index (Phi) is 3.44. The molecule has 1 atom stereocenters. The largest absolute Gasteiger partial charge is 0.508 e. The molecule has 3 rings (SSSR count). The van der Waals surface area contributed by atoms with Gasteiger partial charge < -0.3 is 5.11 Å². The van der Waals surface area contributed by atoms with Crippen LogP contribution < -0.4 is 0 Å². The van der Waals surface area contributed by atoms with E-state index in [0.29, 0.717) is 6.42 Å². The summed E-state index contributed by atoms with van der Waals surface area (Å²) < 4.78 is 0. The van der Waals surface area contributed by atoms with E-state index in [9.17, 15) is 9.90 Å². The van der Waals surface area contributed by atoms with Crippen LogP contribution in [-0.2, 0) is 4.79 Å². The van der Waals surface area contributed by atoms with E-state index in [1.54, 1.807) is 18.2 Å². The Morgan fingerprint density at radius 3 is 2.62 bits per heavy atom. The summed E-state index contributed by atoms with van der Waals surface area (Å²) in [6.45, 7) is 1.52. The van der Waals surface area contributed by atoms with Gasteiger partial charge in [0, 0.05) is 18.9 Å². The number of hydrogen-bond donors (Lipinski definition) is 1. The highest BCUT2D eigenvalue weighted by Gasteiger charge is 2.31. The van der Waals surface area contributed by atoms with Gasteiger partial charge in [-0.3, -0.25) is 4.79 Å².